The van der Waals surface area contributed by atoms with Crippen LogP contribution in [0.4, 0.5) is 0 Å². The number of cyclic esters (lactones) is 1. The van der Waals surface area contributed by atoms with Gasteiger partial charge in [0.2, 0.25) is 0 Å². The van der Waals surface area contributed by atoms with Crippen molar-refractivity contribution in [2.75, 3.05) is 0 Å². The highest BCUT2D eigenvalue weighted by Crippen LogP contribution is 2.45. The summed E-state index contributed by atoms with van der Waals surface area (Å²) >= 11 is 1.26. The van der Waals surface area contributed by atoms with Crippen LogP contribution in [0.5, 0.6) is 5.75 Å². The molecule has 0 saturated heterocycles. The third-order valence-corrected chi connectivity index (χ3v) is 8.07. The van der Waals surface area contributed by atoms with Crippen LogP contribution in [0.2, 0.25) is 0 Å². The van der Waals surface area contributed by atoms with Gasteiger partial charge >= 0.3 is 5.97 Å². The maximum Gasteiger partial charge on any atom is 0.349 e. The second-order valence-corrected chi connectivity index (χ2v) is 11.8. The zero-order chi connectivity index (χ0) is 26.0. The van der Waals surface area contributed by atoms with E-state index in [9.17, 15) is 20.1 Å². The van der Waals surface area contributed by atoms with Gasteiger partial charge in [-0.25, -0.2) is 4.79 Å². The molecule has 190 valence electrons. The fourth-order valence-corrected chi connectivity index (χ4v) is 5.75. The Bertz CT molecular complexity index is 1100. The van der Waals surface area contributed by atoms with E-state index in [2.05, 4.69) is 20.8 Å². The number of carbonyl (C=O) groups is 1. The van der Waals surface area contributed by atoms with Crippen LogP contribution in [0.1, 0.15) is 76.6 Å². The maximum atomic E-state index is 13.3. The number of phenolic OH excluding ortho intramolecular Hbond substituents is 1. The van der Waals surface area contributed by atoms with Gasteiger partial charge < -0.3 is 20.1 Å². The van der Waals surface area contributed by atoms with E-state index in [4.69, 9.17) is 4.74 Å². The number of aliphatic hydroxyl groups is 2. The molecule has 0 saturated carbocycles. The van der Waals surface area contributed by atoms with Crippen LogP contribution in [0.15, 0.2) is 52.0 Å². The first-order valence-corrected chi connectivity index (χ1v) is 13.1. The number of rotatable bonds is 8. The lowest BCUT2D eigenvalue weighted by molar-refractivity contribution is -0.164. The number of aryl methyl sites for hydroxylation is 2. The summed E-state index contributed by atoms with van der Waals surface area (Å²) in [6, 6.07) is 11.1. The molecule has 1 aliphatic heterocycles. The van der Waals surface area contributed by atoms with Gasteiger partial charge in [-0.05, 0) is 71.0 Å². The van der Waals surface area contributed by atoms with Crippen LogP contribution in [-0.2, 0) is 34.4 Å². The summed E-state index contributed by atoms with van der Waals surface area (Å²) in [6.45, 7) is 12.3. The lowest BCUT2D eigenvalue weighted by Crippen LogP contribution is -2.44. The first kappa shape index (κ1) is 27.2. The lowest BCUT2D eigenvalue weighted by Gasteiger charge is -2.40. The molecule has 1 unspecified atom stereocenters. The Morgan fingerprint density at radius 2 is 1.74 bits per heavy atom. The minimum Gasteiger partial charge on any atom is -0.511 e. The number of aromatic hydroxyl groups is 1. The molecular weight excluding hydrogens is 460 g/mol. The van der Waals surface area contributed by atoms with Gasteiger partial charge in [0.1, 0.15) is 22.0 Å². The van der Waals surface area contributed by atoms with E-state index in [1.54, 1.807) is 12.1 Å². The zero-order valence-electron chi connectivity index (χ0n) is 21.6. The molecule has 1 aliphatic rings. The molecule has 35 heavy (non-hydrogen) atoms. The number of benzene rings is 2. The molecule has 2 aromatic carbocycles. The van der Waals surface area contributed by atoms with Gasteiger partial charge in [0, 0.05) is 11.3 Å². The zero-order valence-corrected chi connectivity index (χ0v) is 22.5. The van der Waals surface area contributed by atoms with E-state index < -0.39 is 11.6 Å². The van der Waals surface area contributed by atoms with E-state index in [1.807, 2.05) is 45.0 Å². The largest absolute Gasteiger partial charge is 0.511 e. The van der Waals surface area contributed by atoms with Crippen molar-refractivity contribution >= 4 is 17.7 Å². The van der Waals surface area contributed by atoms with Gasteiger partial charge in [0.05, 0.1) is 6.61 Å². The molecule has 0 bridgehead atoms. The monoisotopic (exact) mass is 498 g/mol. The van der Waals surface area contributed by atoms with Crippen LogP contribution < -0.4 is 0 Å². The standard InChI is InChI=1S/C29H38O5S/c1-7-20-15-25(23(28(4,5)6)14-21(20)17-30)35-26-24(32)16-29(18(2)3,34-27(26)33)13-12-19-8-10-22(31)11-9-19/h8-11,14-15,18,30-32H,7,12-13,16-17H2,1-6H3. The molecule has 1 heterocycles. The van der Waals surface area contributed by atoms with Crippen molar-refractivity contribution in [3.63, 3.8) is 0 Å². The van der Waals surface area contributed by atoms with Gasteiger partial charge in [-0.15, -0.1) is 0 Å². The maximum absolute atomic E-state index is 13.3. The van der Waals surface area contributed by atoms with Crippen molar-refractivity contribution in [2.24, 2.45) is 5.92 Å². The number of hydrogen-bond acceptors (Lipinski definition) is 6. The highest BCUT2D eigenvalue weighted by molar-refractivity contribution is 8.04. The number of ether oxygens (including phenoxy) is 1. The molecule has 5 nitrogen and oxygen atoms in total. The number of phenols is 1. The van der Waals surface area contributed by atoms with Crippen molar-refractivity contribution in [3.05, 3.63) is 69.3 Å². The lowest BCUT2D eigenvalue weighted by atomic mass is 9.80. The quantitative estimate of drug-likeness (QED) is 0.356. The van der Waals surface area contributed by atoms with Crippen molar-refractivity contribution in [1.82, 2.24) is 0 Å². The summed E-state index contributed by atoms with van der Waals surface area (Å²) < 4.78 is 6.10. The van der Waals surface area contributed by atoms with E-state index in [0.29, 0.717) is 12.8 Å². The number of aliphatic hydroxyl groups excluding tert-OH is 2. The average Bonchev–Trinajstić information content (AvgIpc) is 2.79. The Kier molecular flexibility index (Phi) is 8.28. The van der Waals surface area contributed by atoms with Gasteiger partial charge in [-0.2, -0.15) is 0 Å². The Hall–Kier alpha value is -2.44. The summed E-state index contributed by atoms with van der Waals surface area (Å²) in [6.07, 6.45) is 2.26. The smallest absolute Gasteiger partial charge is 0.349 e. The van der Waals surface area contributed by atoms with Crippen molar-refractivity contribution in [1.29, 1.82) is 0 Å². The van der Waals surface area contributed by atoms with Crippen molar-refractivity contribution < 1.29 is 24.9 Å². The van der Waals surface area contributed by atoms with Crippen LogP contribution in [-0.4, -0.2) is 26.9 Å². The molecular formula is C29H38O5S. The molecule has 0 aromatic heterocycles. The van der Waals surface area contributed by atoms with E-state index in [0.717, 1.165) is 33.6 Å². The molecule has 3 rings (SSSR count). The predicted octanol–water partition coefficient (Wildman–Crippen LogP) is 6.58. The summed E-state index contributed by atoms with van der Waals surface area (Å²) in [5, 5.41) is 30.5. The van der Waals surface area contributed by atoms with E-state index in [1.165, 1.54) is 11.8 Å². The molecule has 1 atom stereocenters. The number of carbonyl (C=O) groups excluding carboxylic acids is 1. The molecule has 6 heteroatoms. The molecule has 2 aromatic rings. The van der Waals surface area contributed by atoms with Gasteiger partial charge in [0.25, 0.3) is 0 Å². The average molecular weight is 499 g/mol. The highest BCUT2D eigenvalue weighted by atomic mass is 32.2. The third kappa shape index (κ3) is 6.04. The second kappa shape index (κ2) is 10.7. The Balaban J connectivity index is 1.93. The van der Waals surface area contributed by atoms with Crippen LogP contribution in [0.3, 0.4) is 0 Å². The molecule has 0 aliphatic carbocycles. The number of thioether (sulfide) groups is 1. The summed E-state index contributed by atoms with van der Waals surface area (Å²) in [7, 11) is 0. The van der Waals surface area contributed by atoms with Gasteiger partial charge in [0.15, 0.2) is 0 Å². The fourth-order valence-electron chi connectivity index (χ4n) is 4.54. The normalized spacial score (nSPS) is 18.8. The minimum atomic E-state index is -0.800. The van der Waals surface area contributed by atoms with Crippen molar-refractivity contribution in [3.8, 4) is 5.75 Å². The first-order chi connectivity index (χ1) is 16.4. The molecule has 0 fully saturated rings. The van der Waals surface area contributed by atoms with Crippen LogP contribution >= 0.6 is 11.8 Å². The van der Waals surface area contributed by atoms with Crippen molar-refractivity contribution in [2.45, 2.75) is 89.7 Å². The molecule has 0 spiro atoms. The van der Waals surface area contributed by atoms with E-state index in [-0.39, 0.29) is 40.8 Å². The summed E-state index contributed by atoms with van der Waals surface area (Å²) in [4.78, 5) is 14.4. The Morgan fingerprint density at radius 1 is 1.09 bits per heavy atom. The van der Waals surface area contributed by atoms with Gasteiger partial charge in [-0.3, -0.25) is 0 Å². The number of esters is 1. The summed E-state index contributed by atoms with van der Waals surface area (Å²) in [5.74, 6) is -0.207. The fraction of sp³-hybridized carbons (Fsp3) is 0.483. The van der Waals surface area contributed by atoms with Crippen LogP contribution in [0, 0.1) is 5.92 Å². The van der Waals surface area contributed by atoms with Gasteiger partial charge in [-0.1, -0.05) is 71.5 Å². The van der Waals surface area contributed by atoms with E-state index >= 15 is 0 Å². The SMILES string of the molecule is CCc1cc(SC2=C(O)CC(CCc3ccc(O)cc3)(C(C)C)OC2=O)c(C(C)(C)C)cc1CO. The second-order valence-electron chi connectivity index (χ2n) is 10.7. The highest BCUT2D eigenvalue weighted by Gasteiger charge is 2.44. The topological polar surface area (TPSA) is 87.0 Å². The third-order valence-electron chi connectivity index (χ3n) is 6.91. The summed E-state index contributed by atoms with van der Waals surface area (Å²) in [5.41, 5.74) is 2.96. The number of hydrogen-bond donors (Lipinski definition) is 3. The first-order valence-electron chi connectivity index (χ1n) is 12.3. The Labute approximate surface area is 213 Å². The molecule has 0 amide bonds. The predicted molar refractivity (Wildman–Crippen MR) is 141 cm³/mol. The molecule has 0 radical (unpaired) electrons. The Morgan fingerprint density at radius 3 is 2.26 bits per heavy atom. The molecule has 3 N–H and O–H groups in total. The van der Waals surface area contributed by atoms with Crippen LogP contribution in [0.25, 0.3) is 0 Å². The minimum absolute atomic E-state index is 0.0120.